The predicted molar refractivity (Wildman–Crippen MR) is 104 cm³/mol. The van der Waals surface area contributed by atoms with Crippen molar-refractivity contribution in [1.82, 2.24) is 10.3 Å². The molecule has 0 aliphatic heterocycles. The van der Waals surface area contributed by atoms with Crippen LogP contribution >= 0.6 is 0 Å². The second kappa shape index (κ2) is 7.35. The maximum absolute atomic E-state index is 12.6. The molecule has 0 aliphatic rings. The second-order valence-electron chi connectivity index (χ2n) is 6.46. The van der Waals surface area contributed by atoms with Crippen molar-refractivity contribution in [3.05, 3.63) is 60.2 Å². The molecule has 132 valence electrons. The van der Waals surface area contributed by atoms with Gasteiger partial charge in [-0.15, -0.1) is 0 Å². The van der Waals surface area contributed by atoms with Crippen molar-refractivity contribution in [1.29, 1.82) is 0 Å². The highest BCUT2D eigenvalue weighted by atomic mass is 16.2. The van der Waals surface area contributed by atoms with Crippen LogP contribution in [0.2, 0.25) is 0 Å². The Balaban J connectivity index is 2.06. The van der Waals surface area contributed by atoms with Gasteiger partial charge in [0.15, 0.2) is 0 Å². The van der Waals surface area contributed by atoms with E-state index in [2.05, 4.69) is 10.6 Å². The first kappa shape index (κ1) is 17.6. The van der Waals surface area contributed by atoms with E-state index in [-0.39, 0.29) is 17.9 Å². The highest BCUT2D eigenvalue weighted by Crippen LogP contribution is 2.26. The monoisotopic (exact) mass is 347 g/mol. The Hall–Kier alpha value is -3.21. The lowest BCUT2D eigenvalue weighted by atomic mass is 10.0. The fourth-order valence-electron chi connectivity index (χ4n) is 2.78. The Bertz CT molecular complexity index is 963. The molecular formula is C21H21N3O2. The summed E-state index contributed by atoms with van der Waals surface area (Å²) in [6, 6.07) is 16.9. The number of rotatable bonds is 4. The van der Waals surface area contributed by atoms with Crippen LogP contribution in [0.5, 0.6) is 0 Å². The van der Waals surface area contributed by atoms with Gasteiger partial charge < -0.3 is 10.6 Å². The minimum atomic E-state index is -0.116. The number of para-hydroxylation sites is 1. The molecule has 1 heterocycles. The molecule has 1 aromatic heterocycles. The number of aromatic nitrogens is 1. The van der Waals surface area contributed by atoms with Gasteiger partial charge in [0, 0.05) is 29.6 Å². The fraction of sp³-hybridized carbons (Fsp3) is 0.190. The van der Waals surface area contributed by atoms with Crippen LogP contribution in [0.3, 0.4) is 0 Å². The summed E-state index contributed by atoms with van der Waals surface area (Å²) < 4.78 is 0. The third-order valence-electron chi connectivity index (χ3n) is 3.88. The molecule has 2 aromatic carbocycles. The number of hydrogen-bond donors (Lipinski definition) is 2. The predicted octanol–water partition coefficient (Wildman–Crippen LogP) is 4.00. The fourth-order valence-corrected chi connectivity index (χ4v) is 2.78. The maximum atomic E-state index is 12.6. The smallest absolute Gasteiger partial charge is 0.252 e. The molecule has 2 amide bonds. The zero-order chi connectivity index (χ0) is 18.7. The van der Waals surface area contributed by atoms with Crippen LogP contribution in [0.15, 0.2) is 54.6 Å². The second-order valence-corrected chi connectivity index (χ2v) is 6.46. The molecule has 3 rings (SSSR count). The number of anilines is 1. The van der Waals surface area contributed by atoms with Gasteiger partial charge in [-0.1, -0.05) is 30.3 Å². The van der Waals surface area contributed by atoms with E-state index in [1.807, 2.05) is 68.4 Å². The number of nitrogens with one attached hydrogen (secondary N) is 2. The van der Waals surface area contributed by atoms with Crippen LogP contribution in [0, 0.1) is 0 Å². The molecule has 0 bridgehead atoms. The zero-order valence-electron chi connectivity index (χ0n) is 15.0. The van der Waals surface area contributed by atoms with Gasteiger partial charge >= 0.3 is 0 Å². The molecule has 0 atom stereocenters. The first-order valence-electron chi connectivity index (χ1n) is 8.52. The summed E-state index contributed by atoms with van der Waals surface area (Å²) in [6.07, 6.45) is 0. The van der Waals surface area contributed by atoms with Crippen LogP contribution in [0.4, 0.5) is 5.69 Å². The third kappa shape index (κ3) is 3.88. The minimum absolute atomic E-state index is 0.0508. The normalized spacial score (nSPS) is 10.8. The minimum Gasteiger partial charge on any atom is -0.350 e. The van der Waals surface area contributed by atoms with Crippen molar-refractivity contribution in [3.63, 3.8) is 0 Å². The number of fused-ring (bicyclic) bond motifs is 1. The molecule has 0 unspecified atom stereocenters. The number of pyridine rings is 1. The summed E-state index contributed by atoms with van der Waals surface area (Å²) in [4.78, 5) is 28.5. The van der Waals surface area contributed by atoms with E-state index in [1.54, 1.807) is 0 Å². The topological polar surface area (TPSA) is 71.1 Å². The van der Waals surface area contributed by atoms with Gasteiger partial charge in [-0.3, -0.25) is 9.59 Å². The van der Waals surface area contributed by atoms with Crippen molar-refractivity contribution in [2.75, 3.05) is 5.32 Å². The standard InChI is InChI=1S/C21H21N3O2/c1-13(2)22-21(26)18-12-20(24-19-7-5-4-6-17(18)19)15-8-10-16(11-9-15)23-14(3)25/h4-13H,1-3H3,(H,22,26)(H,23,25). The van der Waals surface area contributed by atoms with E-state index < -0.39 is 0 Å². The molecule has 0 aliphatic carbocycles. The third-order valence-corrected chi connectivity index (χ3v) is 3.88. The summed E-state index contributed by atoms with van der Waals surface area (Å²) in [7, 11) is 0. The molecule has 2 N–H and O–H groups in total. The van der Waals surface area contributed by atoms with Gasteiger partial charge in [0.1, 0.15) is 0 Å². The lowest BCUT2D eigenvalue weighted by Crippen LogP contribution is -2.30. The molecule has 0 spiro atoms. The highest BCUT2D eigenvalue weighted by Gasteiger charge is 2.14. The number of carbonyl (C=O) groups is 2. The van der Waals surface area contributed by atoms with Crippen LogP contribution in [0.25, 0.3) is 22.2 Å². The van der Waals surface area contributed by atoms with Crippen LogP contribution in [0.1, 0.15) is 31.1 Å². The molecule has 3 aromatic rings. The van der Waals surface area contributed by atoms with Gasteiger partial charge in [-0.05, 0) is 38.1 Å². The molecule has 0 saturated heterocycles. The van der Waals surface area contributed by atoms with Gasteiger partial charge in [-0.2, -0.15) is 0 Å². The highest BCUT2D eigenvalue weighted by molar-refractivity contribution is 6.07. The van der Waals surface area contributed by atoms with Crippen molar-refractivity contribution >= 4 is 28.4 Å². The SMILES string of the molecule is CC(=O)Nc1ccc(-c2cc(C(=O)NC(C)C)c3ccccc3n2)cc1. The van der Waals surface area contributed by atoms with E-state index in [0.29, 0.717) is 11.3 Å². The summed E-state index contributed by atoms with van der Waals surface area (Å²) in [5, 5.41) is 6.51. The summed E-state index contributed by atoms with van der Waals surface area (Å²) in [6.45, 7) is 5.34. The molecule has 5 nitrogen and oxygen atoms in total. The first-order valence-corrected chi connectivity index (χ1v) is 8.52. The first-order chi connectivity index (χ1) is 12.4. The lowest BCUT2D eigenvalue weighted by molar-refractivity contribution is -0.114. The van der Waals surface area contributed by atoms with E-state index in [0.717, 1.165) is 22.2 Å². The Morgan fingerprint density at radius 1 is 1.00 bits per heavy atom. The number of carbonyl (C=O) groups excluding carboxylic acids is 2. The van der Waals surface area contributed by atoms with E-state index >= 15 is 0 Å². The Morgan fingerprint density at radius 2 is 1.69 bits per heavy atom. The van der Waals surface area contributed by atoms with Gasteiger partial charge in [0.25, 0.3) is 5.91 Å². The Morgan fingerprint density at radius 3 is 2.35 bits per heavy atom. The van der Waals surface area contributed by atoms with Crippen molar-refractivity contribution in [2.24, 2.45) is 0 Å². The Labute approximate surface area is 152 Å². The van der Waals surface area contributed by atoms with Crippen molar-refractivity contribution < 1.29 is 9.59 Å². The van der Waals surface area contributed by atoms with Gasteiger partial charge in [-0.25, -0.2) is 4.98 Å². The molecule has 0 saturated carbocycles. The quantitative estimate of drug-likeness (QED) is 0.749. The van der Waals surface area contributed by atoms with Gasteiger partial charge in [0.05, 0.1) is 16.8 Å². The van der Waals surface area contributed by atoms with E-state index in [4.69, 9.17) is 4.98 Å². The lowest BCUT2D eigenvalue weighted by Gasteiger charge is -2.12. The van der Waals surface area contributed by atoms with Crippen molar-refractivity contribution in [3.8, 4) is 11.3 Å². The number of nitrogens with zero attached hydrogens (tertiary/aromatic N) is 1. The van der Waals surface area contributed by atoms with Crippen molar-refractivity contribution in [2.45, 2.75) is 26.8 Å². The summed E-state index contributed by atoms with van der Waals surface area (Å²) in [5.74, 6) is -0.232. The van der Waals surface area contributed by atoms with Crippen LogP contribution in [-0.4, -0.2) is 22.8 Å². The maximum Gasteiger partial charge on any atom is 0.252 e. The van der Waals surface area contributed by atoms with E-state index in [1.165, 1.54) is 6.92 Å². The van der Waals surface area contributed by atoms with Gasteiger partial charge in [0.2, 0.25) is 5.91 Å². The molecular weight excluding hydrogens is 326 g/mol. The largest absolute Gasteiger partial charge is 0.350 e. The summed E-state index contributed by atoms with van der Waals surface area (Å²) in [5.41, 5.74) is 3.69. The number of benzene rings is 2. The number of hydrogen-bond acceptors (Lipinski definition) is 3. The van der Waals surface area contributed by atoms with Crippen LogP contribution < -0.4 is 10.6 Å². The molecule has 5 heteroatoms. The average Bonchev–Trinajstić information content (AvgIpc) is 2.60. The zero-order valence-corrected chi connectivity index (χ0v) is 15.0. The molecule has 0 fully saturated rings. The average molecular weight is 347 g/mol. The molecule has 0 radical (unpaired) electrons. The summed E-state index contributed by atoms with van der Waals surface area (Å²) >= 11 is 0. The van der Waals surface area contributed by atoms with Crippen LogP contribution in [-0.2, 0) is 4.79 Å². The number of amides is 2. The van der Waals surface area contributed by atoms with E-state index in [9.17, 15) is 9.59 Å². The Kier molecular flexibility index (Phi) is 4.98. The molecule has 26 heavy (non-hydrogen) atoms.